The van der Waals surface area contributed by atoms with Gasteiger partial charge in [-0.05, 0) is 31.1 Å². The van der Waals surface area contributed by atoms with E-state index in [-0.39, 0.29) is 11.9 Å². The Balaban J connectivity index is 2.41. The van der Waals surface area contributed by atoms with Crippen LogP contribution in [0.15, 0.2) is 0 Å². The average Bonchev–Trinajstić information content (AvgIpc) is 2.20. The maximum Gasteiger partial charge on any atom is 0.222 e. The molecule has 1 saturated heterocycles. The Kier molecular flexibility index (Phi) is 5.26. The summed E-state index contributed by atoms with van der Waals surface area (Å²) in [6.45, 7) is 8.19. The quantitative estimate of drug-likeness (QED) is 0.797. The second kappa shape index (κ2) is 6.24. The van der Waals surface area contributed by atoms with Gasteiger partial charge in [0.05, 0.1) is 0 Å². The lowest BCUT2D eigenvalue weighted by atomic mass is 9.85. The SMILES string of the molecule is CCCC(=O)N1CCC(CC(C)C)C(N)C1. The van der Waals surface area contributed by atoms with Gasteiger partial charge in [0.15, 0.2) is 0 Å². The number of nitrogens with zero attached hydrogens (tertiary/aromatic N) is 1. The Morgan fingerprint density at radius 2 is 2.19 bits per heavy atom. The second-order valence-electron chi connectivity index (χ2n) is 5.43. The van der Waals surface area contributed by atoms with Gasteiger partial charge in [-0.25, -0.2) is 0 Å². The Labute approximate surface area is 99.4 Å². The van der Waals surface area contributed by atoms with Crippen LogP contribution in [0.2, 0.25) is 0 Å². The van der Waals surface area contributed by atoms with Crippen LogP contribution in [0.1, 0.15) is 46.5 Å². The molecule has 0 aromatic rings. The molecule has 3 heteroatoms. The number of rotatable bonds is 4. The van der Waals surface area contributed by atoms with Gasteiger partial charge in [0.1, 0.15) is 0 Å². The van der Waals surface area contributed by atoms with E-state index in [1.165, 1.54) is 6.42 Å². The first-order chi connectivity index (χ1) is 7.54. The molecule has 94 valence electrons. The summed E-state index contributed by atoms with van der Waals surface area (Å²) in [5, 5.41) is 0. The highest BCUT2D eigenvalue weighted by Gasteiger charge is 2.28. The molecule has 16 heavy (non-hydrogen) atoms. The predicted molar refractivity (Wildman–Crippen MR) is 67.0 cm³/mol. The van der Waals surface area contributed by atoms with Crippen molar-refractivity contribution in [1.82, 2.24) is 4.90 Å². The second-order valence-corrected chi connectivity index (χ2v) is 5.43. The fourth-order valence-electron chi connectivity index (χ4n) is 2.53. The highest BCUT2D eigenvalue weighted by molar-refractivity contribution is 5.76. The third kappa shape index (κ3) is 3.78. The minimum absolute atomic E-state index is 0.178. The Morgan fingerprint density at radius 3 is 2.69 bits per heavy atom. The van der Waals surface area contributed by atoms with Crippen molar-refractivity contribution in [2.75, 3.05) is 13.1 Å². The van der Waals surface area contributed by atoms with Crippen LogP contribution in [0.3, 0.4) is 0 Å². The number of likely N-dealkylation sites (tertiary alicyclic amines) is 1. The van der Waals surface area contributed by atoms with Gasteiger partial charge in [0.25, 0.3) is 0 Å². The number of hydrogen-bond acceptors (Lipinski definition) is 2. The zero-order chi connectivity index (χ0) is 12.1. The predicted octanol–water partition coefficient (Wildman–Crippen LogP) is 2.01. The van der Waals surface area contributed by atoms with Gasteiger partial charge in [0.2, 0.25) is 5.91 Å². The van der Waals surface area contributed by atoms with E-state index in [4.69, 9.17) is 5.73 Å². The van der Waals surface area contributed by atoms with Gasteiger partial charge in [0, 0.05) is 25.6 Å². The van der Waals surface area contributed by atoms with Crippen molar-refractivity contribution in [2.24, 2.45) is 17.6 Å². The summed E-state index contributed by atoms with van der Waals surface area (Å²) in [7, 11) is 0. The first-order valence-corrected chi connectivity index (χ1v) is 6.58. The molecule has 2 unspecified atom stereocenters. The van der Waals surface area contributed by atoms with Crippen molar-refractivity contribution in [2.45, 2.75) is 52.5 Å². The summed E-state index contributed by atoms with van der Waals surface area (Å²) >= 11 is 0. The number of nitrogens with two attached hydrogens (primary N) is 1. The molecule has 0 aliphatic carbocycles. The number of piperidine rings is 1. The highest BCUT2D eigenvalue weighted by Crippen LogP contribution is 2.23. The van der Waals surface area contributed by atoms with E-state index in [1.807, 2.05) is 11.8 Å². The molecule has 2 N–H and O–H groups in total. The monoisotopic (exact) mass is 226 g/mol. The van der Waals surface area contributed by atoms with Crippen LogP contribution >= 0.6 is 0 Å². The van der Waals surface area contributed by atoms with E-state index in [1.54, 1.807) is 0 Å². The highest BCUT2D eigenvalue weighted by atomic mass is 16.2. The topological polar surface area (TPSA) is 46.3 Å². The molecule has 0 saturated carbocycles. The molecule has 0 aromatic heterocycles. The van der Waals surface area contributed by atoms with E-state index in [9.17, 15) is 4.79 Å². The summed E-state index contributed by atoms with van der Waals surface area (Å²) in [6.07, 6.45) is 3.87. The number of amides is 1. The van der Waals surface area contributed by atoms with Crippen LogP contribution in [0, 0.1) is 11.8 Å². The number of carbonyl (C=O) groups excluding carboxylic acids is 1. The summed E-state index contributed by atoms with van der Waals surface area (Å²) in [4.78, 5) is 13.7. The van der Waals surface area contributed by atoms with Crippen molar-refractivity contribution < 1.29 is 4.79 Å². The largest absolute Gasteiger partial charge is 0.341 e. The molecule has 3 nitrogen and oxygen atoms in total. The third-order valence-corrected chi connectivity index (χ3v) is 3.40. The van der Waals surface area contributed by atoms with Crippen LogP contribution in [-0.4, -0.2) is 29.9 Å². The van der Waals surface area contributed by atoms with Crippen molar-refractivity contribution >= 4 is 5.91 Å². The normalized spacial score (nSPS) is 26.2. The van der Waals surface area contributed by atoms with Crippen LogP contribution in [0.4, 0.5) is 0 Å². The number of carbonyl (C=O) groups is 1. The van der Waals surface area contributed by atoms with Crippen molar-refractivity contribution in [3.05, 3.63) is 0 Å². The zero-order valence-corrected chi connectivity index (χ0v) is 10.9. The van der Waals surface area contributed by atoms with E-state index in [0.29, 0.717) is 18.3 Å². The fourth-order valence-corrected chi connectivity index (χ4v) is 2.53. The summed E-state index contributed by atoms with van der Waals surface area (Å²) in [6, 6.07) is 0.178. The molecule has 2 atom stereocenters. The Bertz CT molecular complexity index is 228. The Hall–Kier alpha value is -0.570. The van der Waals surface area contributed by atoms with Crippen LogP contribution in [0.5, 0.6) is 0 Å². The lowest BCUT2D eigenvalue weighted by Crippen LogP contribution is -2.50. The van der Waals surface area contributed by atoms with Crippen LogP contribution in [-0.2, 0) is 4.79 Å². The zero-order valence-electron chi connectivity index (χ0n) is 10.9. The fraction of sp³-hybridized carbons (Fsp3) is 0.923. The first-order valence-electron chi connectivity index (χ1n) is 6.58. The molecule has 1 fully saturated rings. The molecule has 1 heterocycles. The molecule has 0 aromatic carbocycles. The molecule has 0 bridgehead atoms. The van der Waals surface area contributed by atoms with Gasteiger partial charge in [-0.15, -0.1) is 0 Å². The van der Waals surface area contributed by atoms with E-state index in [0.717, 1.165) is 25.9 Å². The smallest absolute Gasteiger partial charge is 0.222 e. The first kappa shape index (κ1) is 13.5. The molecule has 0 radical (unpaired) electrons. The maximum atomic E-state index is 11.7. The van der Waals surface area contributed by atoms with Gasteiger partial charge >= 0.3 is 0 Å². The van der Waals surface area contributed by atoms with Crippen molar-refractivity contribution in [1.29, 1.82) is 0 Å². The minimum atomic E-state index is 0.178. The van der Waals surface area contributed by atoms with Gasteiger partial charge < -0.3 is 10.6 Å². The molecule has 1 rings (SSSR count). The molecule has 1 aliphatic rings. The van der Waals surface area contributed by atoms with Gasteiger partial charge in [-0.1, -0.05) is 20.8 Å². The lowest BCUT2D eigenvalue weighted by Gasteiger charge is -2.37. The van der Waals surface area contributed by atoms with Crippen molar-refractivity contribution in [3.63, 3.8) is 0 Å². The number of hydrogen-bond donors (Lipinski definition) is 1. The summed E-state index contributed by atoms with van der Waals surface area (Å²) in [5.74, 6) is 1.58. The average molecular weight is 226 g/mol. The van der Waals surface area contributed by atoms with Crippen LogP contribution in [0.25, 0.3) is 0 Å². The molecule has 1 amide bonds. The summed E-state index contributed by atoms with van der Waals surface area (Å²) in [5.41, 5.74) is 6.16. The minimum Gasteiger partial charge on any atom is -0.341 e. The lowest BCUT2D eigenvalue weighted by molar-refractivity contribution is -0.133. The molecule has 0 spiro atoms. The maximum absolute atomic E-state index is 11.7. The van der Waals surface area contributed by atoms with Crippen LogP contribution < -0.4 is 5.73 Å². The van der Waals surface area contributed by atoms with E-state index >= 15 is 0 Å². The molecular weight excluding hydrogens is 200 g/mol. The van der Waals surface area contributed by atoms with Gasteiger partial charge in [-0.2, -0.15) is 0 Å². The van der Waals surface area contributed by atoms with Crippen molar-refractivity contribution in [3.8, 4) is 0 Å². The molecular formula is C13H26N2O. The third-order valence-electron chi connectivity index (χ3n) is 3.40. The van der Waals surface area contributed by atoms with Gasteiger partial charge in [-0.3, -0.25) is 4.79 Å². The standard InChI is InChI=1S/C13H26N2O/c1-4-5-13(16)15-7-6-11(8-10(2)3)12(14)9-15/h10-12H,4-9,14H2,1-3H3. The molecule has 1 aliphatic heterocycles. The van der Waals surface area contributed by atoms with E-state index < -0.39 is 0 Å². The van der Waals surface area contributed by atoms with E-state index in [2.05, 4.69) is 13.8 Å². The summed E-state index contributed by atoms with van der Waals surface area (Å²) < 4.78 is 0. The Morgan fingerprint density at radius 1 is 1.50 bits per heavy atom.